The van der Waals surface area contributed by atoms with Gasteiger partial charge in [0.1, 0.15) is 0 Å². The molecule has 6 nitrogen and oxygen atoms in total. The van der Waals surface area contributed by atoms with E-state index in [1.807, 2.05) is 0 Å². The SMILES string of the molecule is NCCCS(=O)(=O)Cc1ccc(Cl)cc1[N+](=O)[O-]. The third-order valence-corrected chi connectivity index (χ3v) is 4.18. The number of nitrogens with zero attached hydrogens (tertiary/aromatic N) is 1. The standard InChI is InChI=1S/C10H13ClN2O4S/c11-9-3-2-8(10(6-9)13(14)15)7-18(16,17)5-1-4-12/h2-3,6H,1,4-5,7,12H2. The van der Waals surface area contributed by atoms with Crippen molar-refractivity contribution in [2.45, 2.75) is 12.2 Å². The van der Waals surface area contributed by atoms with Gasteiger partial charge in [0, 0.05) is 16.7 Å². The maximum absolute atomic E-state index is 11.7. The summed E-state index contributed by atoms with van der Waals surface area (Å²) in [5.41, 5.74) is 5.10. The summed E-state index contributed by atoms with van der Waals surface area (Å²) < 4.78 is 23.4. The molecular weight excluding hydrogens is 280 g/mol. The molecule has 0 saturated heterocycles. The highest BCUT2D eigenvalue weighted by Crippen LogP contribution is 2.25. The predicted molar refractivity (Wildman–Crippen MR) is 69.3 cm³/mol. The number of benzene rings is 1. The Morgan fingerprint density at radius 2 is 2.06 bits per heavy atom. The normalized spacial score (nSPS) is 11.4. The second-order valence-electron chi connectivity index (χ2n) is 3.76. The quantitative estimate of drug-likeness (QED) is 0.632. The Hall–Kier alpha value is -1.18. The molecule has 0 atom stereocenters. The molecule has 0 radical (unpaired) electrons. The Morgan fingerprint density at radius 1 is 1.39 bits per heavy atom. The van der Waals surface area contributed by atoms with Gasteiger partial charge in [0.05, 0.1) is 16.4 Å². The molecule has 0 aromatic heterocycles. The zero-order chi connectivity index (χ0) is 13.8. The van der Waals surface area contributed by atoms with Crippen LogP contribution in [0.2, 0.25) is 5.02 Å². The van der Waals surface area contributed by atoms with E-state index in [0.29, 0.717) is 6.42 Å². The molecule has 0 saturated carbocycles. The summed E-state index contributed by atoms with van der Waals surface area (Å²) in [7, 11) is -3.39. The van der Waals surface area contributed by atoms with Gasteiger partial charge in [-0.25, -0.2) is 8.42 Å². The second-order valence-corrected chi connectivity index (χ2v) is 6.38. The summed E-state index contributed by atoms with van der Waals surface area (Å²) in [4.78, 5) is 10.2. The first kappa shape index (κ1) is 14.9. The van der Waals surface area contributed by atoms with E-state index >= 15 is 0 Å². The molecule has 0 aliphatic heterocycles. The van der Waals surface area contributed by atoms with Gasteiger partial charge in [-0.2, -0.15) is 0 Å². The molecule has 0 aliphatic rings. The van der Waals surface area contributed by atoms with Gasteiger partial charge in [-0.1, -0.05) is 11.6 Å². The van der Waals surface area contributed by atoms with E-state index in [-0.39, 0.29) is 34.3 Å². The van der Waals surface area contributed by atoms with E-state index in [4.69, 9.17) is 17.3 Å². The Labute approximate surface area is 110 Å². The van der Waals surface area contributed by atoms with Crippen LogP contribution in [0.4, 0.5) is 5.69 Å². The smallest absolute Gasteiger partial charge is 0.275 e. The Kier molecular flexibility index (Phi) is 5.06. The Morgan fingerprint density at radius 3 is 2.61 bits per heavy atom. The molecule has 0 unspecified atom stereocenters. The molecule has 0 aliphatic carbocycles. The van der Waals surface area contributed by atoms with Crippen LogP contribution in [-0.4, -0.2) is 25.6 Å². The second kappa shape index (κ2) is 6.12. The van der Waals surface area contributed by atoms with Crippen molar-refractivity contribution in [2.24, 2.45) is 5.73 Å². The molecule has 2 N–H and O–H groups in total. The van der Waals surface area contributed by atoms with Gasteiger partial charge in [-0.15, -0.1) is 0 Å². The fourth-order valence-electron chi connectivity index (χ4n) is 1.44. The van der Waals surface area contributed by atoms with Crippen LogP contribution in [0, 0.1) is 10.1 Å². The number of sulfone groups is 1. The molecule has 0 bridgehead atoms. The van der Waals surface area contributed by atoms with Crippen LogP contribution < -0.4 is 5.73 Å². The van der Waals surface area contributed by atoms with Crippen molar-refractivity contribution in [3.05, 3.63) is 38.9 Å². The molecule has 0 amide bonds. The lowest BCUT2D eigenvalue weighted by atomic mass is 10.2. The van der Waals surface area contributed by atoms with Crippen molar-refractivity contribution in [1.29, 1.82) is 0 Å². The number of nitrogens with two attached hydrogens (primary N) is 1. The van der Waals surface area contributed by atoms with Crippen LogP contribution in [-0.2, 0) is 15.6 Å². The predicted octanol–water partition coefficient (Wildman–Crippen LogP) is 1.51. The first-order chi connectivity index (χ1) is 8.35. The van der Waals surface area contributed by atoms with Crippen molar-refractivity contribution in [3.8, 4) is 0 Å². The van der Waals surface area contributed by atoms with Crippen molar-refractivity contribution >= 4 is 27.1 Å². The first-order valence-electron chi connectivity index (χ1n) is 5.19. The third kappa shape index (κ3) is 4.25. The largest absolute Gasteiger partial charge is 0.330 e. The third-order valence-electron chi connectivity index (χ3n) is 2.28. The fourth-order valence-corrected chi connectivity index (χ4v) is 3.08. The van der Waals surface area contributed by atoms with E-state index in [1.54, 1.807) is 0 Å². The Balaban J connectivity index is 3.01. The molecule has 18 heavy (non-hydrogen) atoms. The molecule has 1 rings (SSSR count). The van der Waals surface area contributed by atoms with Crippen molar-refractivity contribution < 1.29 is 13.3 Å². The van der Waals surface area contributed by atoms with Gasteiger partial charge in [-0.3, -0.25) is 10.1 Å². The minimum absolute atomic E-state index is 0.0801. The van der Waals surface area contributed by atoms with Gasteiger partial charge in [0.15, 0.2) is 9.84 Å². The van der Waals surface area contributed by atoms with Gasteiger partial charge >= 0.3 is 0 Å². The van der Waals surface area contributed by atoms with Crippen LogP contribution in [0.5, 0.6) is 0 Å². The minimum Gasteiger partial charge on any atom is -0.330 e. The number of halogens is 1. The average molecular weight is 293 g/mol. The summed E-state index contributed by atoms with van der Waals surface area (Å²) in [5.74, 6) is -0.455. The van der Waals surface area contributed by atoms with E-state index in [9.17, 15) is 18.5 Å². The maximum atomic E-state index is 11.7. The lowest BCUT2D eigenvalue weighted by molar-refractivity contribution is -0.385. The lowest BCUT2D eigenvalue weighted by Gasteiger charge is -2.05. The Bertz CT molecular complexity index is 545. The van der Waals surface area contributed by atoms with E-state index in [0.717, 1.165) is 6.07 Å². The molecule has 100 valence electrons. The molecular formula is C10H13ClN2O4S. The highest BCUT2D eigenvalue weighted by Gasteiger charge is 2.20. The maximum Gasteiger partial charge on any atom is 0.275 e. The summed E-state index contributed by atoms with van der Waals surface area (Å²) >= 11 is 5.65. The number of nitro benzene ring substituents is 1. The lowest BCUT2D eigenvalue weighted by Crippen LogP contribution is -2.14. The molecule has 0 heterocycles. The number of nitro groups is 1. The monoisotopic (exact) mass is 292 g/mol. The van der Waals surface area contributed by atoms with Crippen molar-refractivity contribution in [2.75, 3.05) is 12.3 Å². The zero-order valence-corrected chi connectivity index (χ0v) is 11.1. The highest BCUT2D eigenvalue weighted by molar-refractivity contribution is 7.90. The zero-order valence-electron chi connectivity index (χ0n) is 9.50. The molecule has 0 fully saturated rings. The van der Waals surface area contributed by atoms with E-state index in [2.05, 4.69) is 0 Å². The molecule has 8 heteroatoms. The molecule has 1 aromatic carbocycles. The minimum atomic E-state index is -3.39. The number of hydrogen-bond donors (Lipinski definition) is 1. The highest BCUT2D eigenvalue weighted by atomic mass is 35.5. The summed E-state index contributed by atoms with van der Waals surface area (Å²) in [6.07, 6.45) is 0.337. The van der Waals surface area contributed by atoms with Crippen molar-refractivity contribution in [1.82, 2.24) is 0 Å². The summed E-state index contributed by atoms with van der Waals surface area (Å²) in [6.45, 7) is 0.266. The van der Waals surface area contributed by atoms with Crippen LogP contribution in [0.3, 0.4) is 0 Å². The van der Waals surface area contributed by atoms with E-state index in [1.165, 1.54) is 12.1 Å². The van der Waals surface area contributed by atoms with E-state index < -0.39 is 14.8 Å². The first-order valence-corrected chi connectivity index (χ1v) is 7.39. The average Bonchev–Trinajstić information content (AvgIpc) is 2.28. The van der Waals surface area contributed by atoms with Gasteiger partial charge < -0.3 is 5.73 Å². The summed E-state index contributed by atoms with van der Waals surface area (Å²) in [6, 6.07) is 3.94. The summed E-state index contributed by atoms with van der Waals surface area (Å²) in [5, 5.41) is 11.0. The van der Waals surface area contributed by atoms with Crippen LogP contribution in [0.25, 0.3) is 0 Å². The number of rotatable bonds is 6. The fraction of sp³-hybridized carbons (Fsp3) is 0.400. The molecule has 1 aromatic rings. The topological polar surface area (TPSA) is 103 Å². The number of hydrogen-bond acceptors (Lipinski definition) is 5. The van der Waals surface area contributed by atoms with Gasteiger partial charge in [0.25, 0.3) is 5.69 Å². The van der Waals surface area contributed by atoms with Crippen LogP contribution in [0.1, 0.15) is 12.0 Å². The van der Waals surface area contributed by atoms with Gasteiger partial charge in [0.2, 0.25) is 0 Å². The van der Waals surface area contributed by atoms with Crippen molar-refractivity contribution in [3.63, 3.8) is 0 Å². The van der Waals surface area contributed by atoms with Gasteiger partial charge in [-0.05, 0) is 25.1 Å². The molecule has 0 spiro atoms. The van der Waals surface area contributed by atoms with Crippen LogP contribution in [0.15, 0.2) is 18.2 Å². The van der Waals surface area contributed by atoms with Crippen LogP contribution >= 0.6 is 11.6 Å².